The van der Waals surface area contributed by atoms with Crippen LogP contribution >= 0.6 is 0 Å². The highest BCUT2D eigenvalue weighted by Crippen LogP contribution is 2.32. The molecule has 1 amide bonds. The lowest BCUT2D eigenvalue weighted by Crippen LogP contribution is -2.32. The summed E-state index contributed by atoms with van der Waals surface area (Å²) in [7, 11) is 0. The van der Waals surface area contributed by atoms with Gasteiger partial charge >= 0.3 is 0 Å². The van der Waals surface area contributed by atoms with Crippen molar-refractivity contribution in [2.24, 2.45) is 0 Å². The van der Waals surface area contributed by atoms with Crippen molar-refractivity contribution < 1.29 is 9.32 Å². The quantitative estimate of drug-likeness (QED) is 0.803. The van der Waals surface area contributed by atoms with E-state index in [9.17, 15) is 4.79 Å². The Morgan fingerprint density at radius 3 is 2.96 bits per heavy atom. The molecule has 3 aromatic rings. The first-order valence-electron chi connectivity index (χ1n) is 8.29. The van der Waals surface area contributed by atoms with Gasteiger partial charge in [0.2, 0.25) is 5.91 Å². The standard InChI is InChI=1S/C18H20N4O2/c1-11-13(12(2)24-21-11)10-17(23)22-9-5-8-16(22)18-19-14-6-3-4-7-15(14)20-18/h3-4,6-7,16H,5,8-10H2,1-2H3,(H,19,20). The molecule has 1 N–H and O–H groups in total. The minimum absolute atomic E-state index is 0.0189. The molecule has 0 bridgehead atoms. The van der Waals surface area contributed by atoms with E-state index in [0.29, 0.717) is 6.42 Å². The second kappa shape index (κ2) is 5.78. The Morgan fingerprint density at radius 1 is 1.38 bits per heavy atom. The Balaban J connectivity index is 1.59. The number of benzene rings is 1. The number of imidazole rings is 1. The predicted molar refractivity (Wildman–Crippen MR) is 89.5 cm³/mol. The number of amides is 1. The molecular formula is C18H20N4O2. The number of carbonyl (C=O) groups is 1. The Bertz CT molecular complexity index is 843. The van der Waals surface area contributed by atoms with E-state index in [2.05, 4.69) is 15.1 Å². The fraction of sp³-hybridized carbons (Fsp3) is 0.389. The molecule has 1 fully saturated rings. The summed E-state index contributed by atoms with van der Waals surface area (Å²) in [6.45, 7) is 4.49. The zero-order chi connectivity index (χ0) is 16.7. The minimum Gasteiger partial charge on any atom is -0.361 e. The lowest BCUT2D eigenvalue weighted by Gasteiger charge is -2.23. The van der Waals surface area contributed by atoms with Gasteiger partial charge < -0.3 is 14.4 Å². The number of rotatable bonds is 3. The Kier molecular flexibility index (Phi) is 3.59. The summed E-state index contributed by atoms with van der Waals surface area (Å²) in [4.78, 5) is 22.8. The molecule has 0 saturated carbocycles. The normalized spacial score (nSPS) is 17.8. The molecule has 1 aromatic carbocycles. The molecule has 0 spiro atoms. The molecule has 124 valence electrons. The van der Waals surface area contributed by atoms with Gasteiger partial charge in [0, 0.05) is 12.1 Å². The number of aromatic nitrogens is 3. The minimum atomic E-state index is 0.0189. The summed E-state index contributed by atoms with van der Waals surface area (Å²) in [6, 6.07) is 7.98. The van der Waals surface area contributed by atoms with Gasteiger partial charge in [0.1, 0.15) is 11.6 Å². The Morgan fingerprint density at radius 2 is 2.21 bits per heavy atom. The van der Waals surface area contributed by atoms with E-state index in [4.69, 9.17) is 4.52 Å². The first kappa shape index (κ1) is 14.9. The SMILES string of the molecule is Cc1noc(C)c1CC(=O)N1CCCC1c1nc2ccccc2[nH]1. The van der Waals surface area contributed by atoms with Crippen LogP contribution in [0.5, 0.6) is 0 Å². The molecular weight excluding hydrogens is 304 g/mol. The van der Waals surface area contributed by atoms with Crippen molar-refractivity contribution >= 4 is 16.9 Å². The summed E-state index contributed by atoms with van der Waals surface area (Å²) < 4.78 is 5.17. The van der Waals surface area contributed by atoms with Gasteiger partial charge in [-0.1, -0.05) is 17.3 Å². The van der Waals surface area contributed by atoms with Gasteiger partial charge in [0.25, 0.3) is 0 Å². The molecule has 1 unspecified atom stereocenters. The monoisotopic (exact) mass is 324 g/mol. The largest absolute Gasteiger partial charge is 0.361 e. The number of aromatic amines is 1. The second-order valence-corrected chi connectivity index (χ2v) is 6.36. The summed E-state index contributed by atoms with van der Waals surface area (Å²) in [5, 5.41) is 3.94. The second-order valence-electron chi connectivity index (χ2n) is 6.36. The van der Waals surface area contributed by atoms with Crippen LogP contribution in [0.3, 0.4) is 0 Å². The van der Waals surface area contributed by atoms with Crippen LogP contribution in [-0.4, -0.2) is 32.5 Å². The van der Waals surface area contributed by atoms with Crippen LogP contribution in [0.2, 0.25) is 0 Å². The average Bonchev–Trinajstić information content (AvgIpc) is 3.28. The number of nitrogens with one attached hydrogen (secondary N) is 1. The highest BCUT2D eigenvalue weighted by Gasteiger charge is 2.32. The fourth-order valence-electron chi connectivity index (χ4n) is 3.49. The molecule has 0 aliphatic carbocycles. The van der Waals surface area contributed by atoms with Crippen LogP contribution in [-0.2, 0) is 11.2 Å². The molecule has 2 aromatic heterocycles. The van der Waals surface area contributed by atoms with Gasteiger partial charge in [-0.15, -0.1) is 0 Å². The van der Waals surface area contributed by atoms with E-state index < -0.39 is 0 Å². The van der Waals surface area contributed by atoms with E-state index in [1.54, 1.807) is 0 Å². The van der Waals surface area contributed by atoms with Crippen molar-refractivity contribution in [2.75, 3.05) is 6.54 Å². The Hall–Kier alpha value is -2.63. The first-order valence-corrected chi connectivity index (χ1v) is 8.29. The van der Waals surface area contributed by atoms with E-state index in [0.717, 1.165) is 53.3 Å². The van der Waals surface area contributed by atoms with Gasteiger partial charge in [-0.2, -0.15) is 0 Å². The maximum atomic E-state index is 12.8. The van der Waals surface area contributed by atoms with Crippen molar-refractivity contribution in [3.05, 3.63) is 47.1 Å². The first-order chi connectivity index (χ1) is 11.6. The molecule has 6 nitrogen and oxygen atoms in total. The maximum absolute atomic E-state index is 12.8. The van der Waals surface area contributed by atoms with E-state index in [1.165, 1.54) is 0 Å². The molecule has 1 atom stereocenters. The summed E-state index contributed by atoms with van der Waals surface area (Å²) in [6.07, 6.45) is 2.26. The number of H-pyrrole nitrogens is 1. The topological polar surface area (TPSA) is 75.0 Å². The van der Waals surface area contributed by atoms with Gasteiger partial charge in [-0.3, -0.25) is 4.79 Å². The summed E-state index contributed by atoms with van der Waals surface area (Å²) in [5.41, 5.74) is 3.64. The molecule has 6 heteroatoms. The van der Waals surface area contributed by atoms with E-state index in [-0.39, 0.29) is 11.9 Å². The lowest BCUT2D eigenvalue weighted by molar-refractivity contribution is -0.131. The van der Waals surface area contributed by atoms with Crippen LogP contribution in [0.25, 0.3) is 11.0 Å². The van der Waals surface area contributed by atoms with Crippen molar-refractivity contribution in [3.63, 3.8) is 0 Å². The molecule has 0 radical (unpaired) electrons. The van der Waals surface area contributed by atoms with Crippen LogP contribution in [0.15, 0.2) is 28.8 Å². The molecule has 1 aliphatic heterocycles. The van der Waals surface area contributed by atoms with E-state index in [1.807, 2.05) is 43.0 Å². The van der Waals surface area contributed by atoms with Crippen molar-refractivity contribution in [1.29, 1.82) is 0 Å². The molecule has 3 heterocycles. The predicted octanol–water partition coefficient (Wildman–Crippen LogP) is 3.07. The number of aryl methyl sites for hydroxylation is 2. The third-order valence-electron chi connectivity index (χ3n) is 4.81. The van der Waals surface area contributed by atoms with Crippen LogP contribution in [0.1, 0.15) is 41.7 Å². The van der Waals surface area contributed by atoms with Crippen molar-refractivity contribution in [3.8, 4) is 0 Å². The zero-order valence-electron chi connectivity index (χ0n) is 13.9. The average molecular weight is 324 g/mol. The highest BCUT2D eigenvalue weighted by atomic mass is 16.5. The number of para-hydroxylation sites is 2. The van der Waals surface area contributed by atoms with Crippen molar-refractivity contribution in [1.82, 2.24) is 20.0 Å². The number of fused-ring (bicyclic) bond motifs is 1. The lowest BCUT2D eigenvalue weighted by atomic mass is 10.1. The van der Waals surface area contributed by atoms with Crippen LogP contribution in [0.4, 0.5) is 0 Å². The smallest absolute Gasteiger partial charge is 0.227 e. The molecule has 1 saturated heterocycles. The van der Waals surface area contributed by atoms with Crippen LogP contribution < -0.4 is 0 Å². The van der Waals surface area contributed by atoms with Gasteiger partial charge in [0.05, 0.1) is 29.2 Å². The third-order valence-corrected chi connectivity index (χ3v) is 4.81. The number of hydrogen-bond donors (Lipinski definition) is 1. The molecule has 1 aliphatic rings. The van der Waals surface area contributed by atoms with Gasteiger partial charge in [0.15, 0.2) is 0 Å². The molecule has 24 heavy (non-hydrogen) atoms. The number of hydrogen-bond acceptors (Lipinski definition) is 4. The fourth-order valence-corrected chi connectivity index (χ4v) is 3.49. The number of likely N-dealkylation sites (tertiary alicyclic amines) is 1. The highest BCUT2D eigenvalue weighted by molar-refractivity contribution is 5.80. The summed E-state index contributed by atoms with van der Waals surface area (Å²) >= 11 is 0. The number of nitrogens with zero attached hydrogens (tertiary/aromatic N) is 3. The van der Waals surface area contributed by atoms with Crippen LogP contribution in [0, 0.1) is 13.8 Å². The number of carbonyl (C=O) groups excluding carboxylic acids is 1. The van der Waals surface area contributed by atoms with Gasteiger partial charge in [-0.25, -0.2) is 4.98 Å². The van der Waals surface area contributed by atoms with Gasteiger partial charge in [-0.05, 0) is 38.8 Å². The zero-order valence-corrected chi connectivity index (χ0v) is 13.9. The Labute approximate surface area is 139 Å². The van der Waals surface area contributed by atoms with Crippen molar-refractivity contribution in [2.45, 2.75) is 39.2 Å². The summed E-state index contributed by atoms with van der Waals surface area (Å²) in [5.74, 6) is 1.70. The molecule has 4 rings (SSSR count). The maximum Gasteiger partial charge on any atom is 0.227 e. The van der Waals surface area contributed by atoms with E-state index >= 15 is 0 Å². The third kappa shape index (κ3) is 2.48.